The molecule has 0 bridgehead atoms. The van der Waals surface area contributed by atoms with Crippen LogP contribution in [0.25, 0.3) is 0 Å². The summed E-state index contributed by atoms with van der Waals surface area (Å²) in [5.74, 6) is 0. The Morgan fingerprint density at radius 3 is 1.33 bits per heavy atom. The summed E-state index contributed by atoms with van der Waals surface area (Å²) < 4.78 is 0. The van der Waals surface area contributed by atoms with Crippen molar-refractivity contribution in [3.63, 3.8) is 0 Å². The number of nitrogens with one attached hydrogen (secondary N) is 2. The smallest absolute Gasteiger partial charge is 0.0370 e. The van der Waals surface area contributed by atoms with Gasteiger partial charge in [0.25, 0.3) is 0 Å². The quantitative estimate of drug-likeness (QED) is 0.868. The zero-order chi connectivity index (χ0) is 13.1. The molecule has 0 saturated heterocycles. The summed E-state index contributed by atoms with van der Waals surface area (Å²) in [7, 11) is 0. The Kier molecular flexibility index (Phi) is 6.97. The Bertz CT molecular complexity index is 361. The Labute approximate surface area is 108 Å². The Morgan fingerprint density at radius 2 is 1.06 bits per heavy atom. The van der Waals surface area contributed by atoms with Gasteiger partial charge in [0.05, 0.1) is 0 Å². The van der Waals surface area contributed by atoms with E-state index in [1.165, 1.54) is 0 Å². The van der Waals surface area contributed by atoms with Gasteiger partial charge in [-0.3, -0.25) is 9.97 Å². The first-order valence-electron chi connectivity index (χ1n) is 6.14. The molecule has 0 aliphatic heterocycles. The Morgan fingerprint density at radius 1 is 0.722 bits per heavy atom. The van der Waals surface area contributed by atoms with Crippen molar-refractivity contribution < 1.29 is 0 Å². The van der Waals surface area contributed by atoms with Gasteiger partial charge in [0.15, 0.2) is 0 Å². The van der Waals surface area contributed by atoms with Crippen LogP contribution < -0.4 is 10.6 Å². The highest BCUT2D eigenvalue weighted by molar-refractivity contribution is 5.40. The zero-order valence-electron chi connectivity index (χ0n) is 10.9. The van der Waals surface area contributed by atoms with Crippen LogP contribution >= 0.6 is 0 Å². The predicted molar refractivity (Wildman–Crippen MR) is 76.8 cm³/mol. The number of aromatic nitrogens is 2. The van der Waals surface area contributed by atoms with Crippen LogP contribution in [0.5, 0.6) is 0 Å². The fraction of sp³-hybridized carbons (Fsp3) is 0.286. The number of rotatable bonds is 4. The molecule has 2 heterocycles. The fourth-order valence-corrected chi connectivity index (χ4v) is 1.35. The molecule has 2 aromatic heterocycles. The van der Waals surface area contributed by atoms with E-state index in [2.05, 4.69) is 34.4 Å². The topological polar surface area (TPSA) is 49.8 Å². The maximum absolute atomic E-state index is 3.89. The number of pyridine rings is 2. The first kappa shape index (κ1) is 14.0. The molecule has 0 aliphatic rings. The second-order valence-electron chi connectivity index (χ2n) is 3.53. The molecule has 0 aromatic carbocycles. The molecule has 96 valence electrons. The van der Waals surface area contributed by atoms with Crippen LogP contribution in [-0.2, 0) is 0 Å². The molecule has 4 heteroatoms. The van der Waals surface area contributed by atoms with E-state index in [0.29, 0.717) is 0 Å². The van der Waals surface area contributed by atoms with Gasteiger partial charge in [0.1, 0.15) is 0 Å². The molecule has 0 atom stereocenters. The maximum Gasteiger partial charge on any atom is 0.0370 e. The maximum atomic E-state index is 3.89. The van der Waals surface area contributed by atoms with Crippen molar-refractivity contribution in [2.24, 2.45) is 0 Å². The predicted octanol–water partition coefficient (Wildman–Crippen LogP) is 3.03. The van der Waals surface area contributed by atoms with E-state index in [0.717, 1.165) is 24.5 Å². The van der Waals surface area contributed by atoms with Crippen LogP contribution in [0.15, 0.2) is 49.1 Å². The minimum atomic E-state index is 0.962. The molecule has 0 unspecified atom stereocenters. The number of hydrogen-bond donors (Lipinski definition) is 2. The van der Waals surface area contributed by atoms with Crippen molar-refractivity contribution >= 4 is 11.4 Å². The molecule has 0 spiro atoms. The second kappa shape index (κ2) is 8.98. The number of nitrogens with zero attached hydrogens (tertiary/aromatic N) is 2. The molecule has 0 radical (unpaired) electrons. The lowest BCUT2D eigenvalue weighted by molar-refractivity contribution is 1.20. The first-order chi connectivity index (χ1) is 8.86. The van der Waals surface area contributed by atoms with Gasteiger partial charge in [-0.2, -0.15) is 0 Å². The van der Waals surface area contributed by atoms with Crippen LogP contribution in [0.4, 0.5) is 11.4 Å². The van der Waals surface area contributed by atoms with E-state index in [4.69, 9.17) is 0 Å². The highest BCUT2D eigenvalue weighted by Gasteiger charge is 1.83. The Balaban J connectivity index is 0.000000180. The largest absolute Gasteiger partial charge is 0.385 e. The lowest BCUT2D eigenvalue weighted by Gasteiger charge is -1.98. The van der Waals surface area contributed by atoms with Crippen molar-refractivity contribution in [2.45, 2.75) is 13.8 Å². The monoisotopic (exact) mass is 244 g/mol. The first-order valence-corrected chi connectivity index (χ1v) is 6.14. The van der Waals surface area contributed by atoms with E-state index in [-0.39, 0.29) is 0 Å². The van der Waals surface area contributed by atoms with E-state index in [1.54, 1.807) is 24.8 Å². The van der Waals surface area contributed by atoms with Gasteiger partial charge < -0.3 is 10.6 Å². The molecular weight excluding hydrogens is 224 g/mol. The second-order valence-corrected chi connectivity index (χ2v) is 3.53. The third-order valence-electron chi connectivity index (χ3n) is 2.12. The van der Waals surface area contributed by atoms with E-state index in [1.807, 2.05) is 24.3 Å². The molecule has 0 fully saturated rings. The van der Waals surface area contributed by atoms with Crippen LogP contribution in [-0.4, -0.2) is 23.1 Å². The van der Waals surface area contributed by atoms with Crippen molar-refractivity contribution in [1.29, 1.82) is 0 Å². The highest BCUT2D eigenvalue weighted by atomic mass is 14.9. The average molecular weight is 244 g/mol. The van der Waals surface area contributed by atoms with Gasteiger partial charge in [0, 0.05) is 49.3 Å². The SMILES string of the molecule is CCNc1ccncc1.CCNc1ccncc1. The Hall–Kier alpha value is -2.10. The summed E-state index contributed by atoms with van der Waals surface area (Å²) in [6, 6.07) is 7.79. The summed E-state index contributed by atoms with van der Waals surface area (Å²) in [5, 5.41) is 6.34. The van der Waals surface area contributed by atoms with E-state index >= 15 is 0 Å². The van der Waals surface area contributed by atoms with Gasteiger partial charge >= 0.3 is 0 Å². The average Bonchev–Trinajstić information content (AvgIpc) is 2.43. The summed E-state index contributed by atoms with van der Waals surface area (Å²) in [6.07, 6.45) is 7.10. The van der Waals surface area contributed by atoms with Crippen LogP contribution in [0.1, 0.15) is 13.8 Å². The summed E-state index contributed by atoms with van der Waals surface area (Å²) in [6.45, 7) is 6.06. The highest BCUT2D eigenvalue weighted by Crippen LogP contribution is 2.01. The molecule has 2 aromatic rings. The van der Waals surface area contributed by atoms with Gasteiger partial charge in [-0.1, -0.05) is 0 Å². The molecule has 0 saturated carbocycles. The minimum absolute atomic E-state index is 0.962. The minimum Gasteiger partial charge on any atom is -0.385 e. The number of anilines is 2. The van der Waals surface area contributed by atoms with Crippen molar-refractivity contribution in [2.75, 3.05) is 23.7 Å². The van der Waals surface area contributed by atoms with Gasteiger partial charge in [-0.05, 0) is 38.1 Å². The van der Waals surface area contributed by atoms with Crippen molar-refractivity contribution in [3.8, 4) is 0 Å². The van der Waals surface area contributed by atoms with Gasteiger partial charge in [0.2, 0.25) is 0 Å². The zero-order valence-corrected chi connectivity index (χ0v) is 10.9. The third kappa shape index (κ3) is 5.84. The normalized spacial score (nSPS) is 9.00. The molecule has 2 rings (SSSR count). The number of hydrogen-bond acceptors (Lipinski definition) is 4. The van der Waals surface area contributed by atoms with Gasteiger partial charge in [-0.25, -0.2) is 0 Å². The molecule has 0 amide bonds. The molecule has 18 heavy (non-hydrogen) atoms. The van der Waals surface area contributed by atoms with Crippen LogP contribution in [0.2, 0.25) is 0 Å². The summed E-state index contributed by atoms with van der Waals surface area (Å²) in [4.78, 5) is 7.78. The van der Waals surface area contributed by atoms with E-state index < -0.39 is 0 Å². The standard InChI is InChI=1S/2C7H10N2/c2*1-2-9-7-3-5-8-6-4-7/h2*3-6H,2H2,1H3,(H,8,9). The lowest BCUT2D eigenvalue weighted by Crippen LogP contribution is -1.95. The van der Waals surface area contributed by atoms with Crippen LogP contribution in [0, 0.1) is 0 Å². The van der Waals surface area contributed by atoms with Crippen LogP contribution in [0.3, 0.4) is 0 Å². The van der Waals surface area contributed by atoms with Crippen molar-refractivity contribution in [1.82, 2.24) is 9.97 Å². The summed E-state index contributed by atoms with van der Waals surface area (Å²) >= 11 is 0. The molecule has 0 aliphatic carbocycles. The summed E-state index contributed by atoms with van der Waals surface area (Å²) in [5.41, 5.74) is 2.26. The fourth-order valence-electron chi connectivity index (χ4n) is 1.35. The van der Waals surface area contributed by atoms with Gasteiger partial charge in [-0.15, -0.1) is 0 Å². The third-order valence-corrected chi connectivity index (χ3v) is 2.12. The molecule has 2 N–H and O–H groups in total. The van der Waals surface area contributed by atoms with Crippen molar-refractivity contribution in [3.05, 3.63) is 49.1 Å². The molecular formula is C14H20N4. The lowest BCUT2D eigenvalue weighted by atomic mass is 10.4. The molecule has 4 nitrogen and oxygen atoms in total. The van der Waals surface area contributed by atoms with E-state index in [9.17, 15) is 0 Å².